The number of benzene rings is 2. The van der Waals surface area contributed by atoms with E-state index in [0.717, 1.165) is 29.2 Å². The Kier molecular flexibility index (Phi) is 5.41. The molecular formula is C17H14F4N2O2. The maximum Gasteiger partial charge on any atom is 0.416 e. The summed E-state index contributed by atoms with van der Waals surface area (Å²) < 4.78 is 51.0. The Hall–Kier alpha value is -2.90. The summed E-state index contributed by atoms with van der Waals surface area (Å²) in [5.74, 6) is -1.65. The van der Waals surface area contributed by atoms with Gasteiger partial charge in [-0.15, -0.1) is 0 Å². The molecule has 1 N–H and O–H groups in total. The number of anilines is 2. The average molecular weight is 354 g/mol. The van der Waals surface area contributed by atoms with Crippen molar-refractivity contribution in [2.24, 2.45) is 0 Å². The van der Waals surface area contributed by atoms with Crippen LogP contribution in [0.15, 0.2) is 48.5 Å². The van der Waals surface area contributed by atoms with Gasteiger partial charge < -0.3 is 10.2 Å². The van der Waals surface area contributed by atoms with Crippen molar-refractivity contribution in [3.8, 4) is 0 Å². The number of alkyl halides is 3. The fourth-order valence-electron chi connectivity index (χ4n) is 2.12. The first-order valence-corrected chi connectivity index (χ1v) is 7.17. The van der Waals surface area contributed by atoms with E-state index in [1.165, 1.54) is 31.2 Å². The quantitative estimate of drug-likeness (QED) is 0.849. The molecule has 0 aliphatic rings. The van der Waals surface area contributed by atoms with Gasteiger partial charge in [-0.25, -0.2) is 4.39 Å². The molecule has 0 saturated heterocycles. The van der Waals surface area contributed by atoms with Crippen LogP contribution in [-0.2, 0) is 15.8 Å². The highest BCUT2D eigenvalue weighted by molar-refractivity contribution is 6.01. The van der Waals surface area contributed by atoms with Crippen LogP contribution in [0.1, 0.15) is 12.5 Å². The van der Waals surface area contributed by atoms with Gasteiger partial charge in [0.15, 0.2) is 0 Å². The van der Waals surface area contributed by atoms with E-state index in [0.29, 0.717) is 5.69 Å². The van der Waals surface area contributed by atoms with Crippen LogP contribution in [0, 0.1) is 5.82 Å². The summed E-state index contributed by atoms with van der Waals surface area (Å²) in [6.07, 6.45) is -4.53. The summed E-state index contributed by atoms with van der Waals surface area (Å²) in [5, 5.41) is 2.31. The van der Waals surface area contributed by atoms with Crippen LogP contribution in [0.4, 0.5) is 28.9 Å². The van der Waals surface area contributed by atoms with Gasteiger partial charge in [0.05, 0.1) is 5.56 Å². The number of carbonyl (C=O) groups excluding carboxylic acids is 2. The highest BCUT2D eigenvalue weighted by Gasteiger charge is 2.30. The van der Waals surface area contributed by atoms with E-state index in [1.54, 1.807) is 0 Å². The molecule has 0 radical (unpaired) electrons. The molecule has 2 amide bonds. The number of carbonyl (C=O) groups is 2. The topological polar surface area (TPSA) is 49.4 Å². The zero-order chi connectivity index (χ0) is 18.6. The lowest BCUT2D eigenvalue weighted by Crippen LogP contribution is -2.36. The first-order chi connectivity index (χ1) is 11.7. The van der Waals surface area contributed by atoms with Crippen molar-refractivity contribution in [3.63, 3.8) is 0 Å². The van der Waals surface area contributed by atoms with Crippen molar-refractivity contribution in [3.05, 3.63) is 59.9 Å². The number of amides is 2. The van der Waals surface area contributed by atoms with Gasteiger partial charge in [0, 0.05) is 18.3 Å². The molecule has 0 aliphatic carbocycles. The van der Waals surface area contributed by atoms with Gasteiger partial charge in [-0.05, 0) is 42.5 Å². The lowest BCUT2D eigenvalue weighted by Gasteiger charge is -2.20. The molecule has 0 aromatic heterocycles. The minimum absolute atomic E-state index is 0.0394. The maximum atomic E-state index is 13.0. The molecule has 2 aromatic rings. The second-order valence-electron chi connectivity index (χ2n) is 5.21. The van der Waals surface area contributed by atoms with E-state index in [2.05, 4.69) is 5.32 Å². The third kappa shape index (κ3) is 5.03. The minimum atomic E-state index is -4.53. The van der Waals surface area contributed by atoms with E-state index >= 15 is 0 Å². The fraction of sp³-hybridized carbons (Fsp3) is 0.176. The molecule has 0 saturated carbocycles. The van der Waals surface area contributed by atoms with E-state index in [1.807, 2.05) is 0 Å². The van der Waals surface area contributed by atoms with E-state index in [4.69, 9.17) is 0 Å². The van der Waals surface area contributed by atoms with Gasteiger partial charge >= 0.3 is 6.18 Å². The first-order valence-electron chi connectivity index (χ1n) is 7.17. The molecule has 8 heteroatoms. The molecule has 2 rings (SSSR count). The summed E-state index contributed by atoms with van der Waals surface area (Å²) in [4.78, 5) is 24.9. The van der Waals surface area contributed by atoms with Crippen molar-refractivity contribution in [1.82, 2.24) is 0 Å². The third-order valence-corrected chi connectivity index (χ3v) is 3.29. The van der Waals surface area contributed by atoms with Crippen molar-refractivity contribution >= 4 is 23.2 Å². The largest absolute Gasteiger partial charge is 0.416 e. The third-order valence-electron chi connectivity index (χ3n) is 3.29. The molecule has 0 spiro atoms. The predicted molar refractivity (Wildman–Crippen MR) is 84.5 cm³/mol. The average Bonchev–Trinajstić information content (AvgIpc) is 2.53. The molecule has 2 aromatic carbocycles. The van der Waals surface area contributed by atoms with Gasteiger partial charge in [-0.1, -0.05) is 6.07 Å². The highest BCUT2D eigenvalue weighted by atomic mass is 19.4. The normalized spacial score (nSPS) is 11.1. The molecule has 0 fully saturated rings. The number of nitrogens with one attached hydrogen (secondary N) is 1. The Morgan fingerprint density at radius 1 is 1.08 bits per heavy atom. The van der Waals surface area contributed by atoms with Gasteiger partial charge in [-0.2, -0.15) is 13.2 Å². The molecule has 0 bridgehead atoms. The van der Waals surface area contributed by atoms with Crippen LogP contribution in [0.2, 0.25) is 0 Å². The van der Waals surface area contributed by atoms with Crippen LogP contribution in [0.25, 0.3) is 0 Å². The van der Waals surface area contributed by atoms with Crippen LogP contribution >= 0.6 is 0 Å². The molecule has 0 heterocycles. The number of rotatable bonds is 4. The van der Waals surface area contributed by atoms with Crippen LogP contribution < -0.4 is 10.2 Å². The summed E-state index contributed by atoms with van der Waals surface area (Å²) in [6, 6.07) is 9.09. The van der Waals surface area contributed by atoms with Gasteiger partial charge in [0.1, 0.15) is 12.4 Å². The maximum absolute atomic E-state index is 13.0. The molecule has 132 valence electrons. The predicted octanol–water partition coefficient (Wildman–Crippen LogP) is 3.84. The van der Waals surface area contributed by atoms with Gasteiger partial charge in [-0.3, -0.25) is 9.59 Å². The Bertz CT molecular complexity index is 773. The first kappa shape index (κ1) is 18.4. The molecule has 25 heavy (non-hydrogen) atoms. The Morgan fingerprint density at radius 2 is 1.72 bits per heavy atom. The molecule has 4 nitrogen and oxygen atoms in total. The van der Waals surface area contributed by atoms with Gasteiger partial charge in [0.25, 0.3) is 0 Å². The SMILES string of the molecule is CC(=O)N(CC(=O)Nc1cccc(C(F)(F)F)c1)c1ccc(F)cc1. The number of halogens is 4. The van der Waals surface area contributed by atoms with Crippen molar-refractivity contribution < 1.29 is 27.2 Å². The zero-order valence-corrected chi connectivity index (χ0v) is 13.1. The van der Waals surface area contributed by atoms with Crippen LogP contribution in [0.3, 0.4) is 0 Å². The zero-order valence-electron chi connectivity index (χ0n) is 13.1. The molecule has 0 atom stereocenters. The highest BCUT2D eigenvalue weighted by Crippen LogP contribution is 2.30. The Labute approximate surface area is 141 Å². The Balaban J connectivity index is 2.12. The second-order valence-corrected chi connectivity index (χ2v) is 5.21. The summed E-state index contributed by atoms with van der Waals surface area (Å²) in [6.45, 7) is 0.804. The second kappa shape index (κ2) is 7.33. The fourth-order valence-corrected chi connectivity index (χ4v) is 2.12. The van der Waals surface area contributed by atoms with Crippen molar-refractivity contribution in [1.29, 1.82) is 0 Å². The van der Waals surface area contributed by atoms with E-state index in [-0.39, 0.29) is 5.69 Å². The summed E-state index contributed by atoms with van der Waals surface area (Å²) in [5.41, 5.74) is -0.636. The van der Waals surface area contributed by atoms with E-state index < -0.39 is 35.9 Å². The molecule has 0 aliphatic heterocycles. The summed E-state index contributed by atoms with van der Waals surface area (Å²) in [7, 11) is 0. The van der Waals surface area contributed by atoms with Crippen molar-refractivity contribution in [2.45, 2.75) is 13.1 Å². The van der Waals surface area contributed by atoms with Crippen LogP contribution in [-0.4, -0.2) is 18.4 Å². The Morgan fingerprint density at radius 3 is 2.28 bits per heavy atom. The summed E-state index contributed by atoms with van der Waals surface area (Å²) >= 11 is 0. The lowest BCUT2D eigenvalue weighted by atomic mass is 10.2. The monoisotopic (exact) mass is 354 g/mol. The van der Waals surface area contributed by atoms with Gasteiger partial charge in [0.2, 0.25) is 11.8 Å². The molecular weight excluding hydrogens is 340 g/mol. The van der Waals surface area contributed by atoms with Crippen molar-refractivity contribution in [2.75, 3.05) is 16.8 Å². The smallest absolute Gasteiger partial charge is 0.325 e. The van der Waals surface area contributed by atoms with E-state index in [9.17, 15) is 27.2 Å². The number of hydrogen-bond donors (Lipinski definition) is 1. The van der Waals surface area contributed by atoms with Crippen LogP contribution in [0.5, 0.6) is 0 Å². The standard InChI is InChI=1S/C17H14F4N2O2/c1-11(24)23(15-7-5-13(18)6-8-15)10-16(25)22-14-4-2-3-12(9-14)17(19,20)21/h2-9H,10H2,1H3,(H,22,25). The number of hydrogen-bond acceptors (Lipinski definition) is 2. The lowest BCUT2D eigenvalue weighted by molar-refractivity contribution is -0.137. The number of nitrogens with zero attached hydrogens (tertiary/aromatic N) is 1. The minimum Gasteiger partial charge on any atom is -0.325 e. The molecule has 0 unspecified atom stereocenters.